The Morgan fingerprint density at radius 1 is 0.844 bits per heavy atom. The van der Waals surface area contributed by atoms with Crippen molar-refractivity contribution in [2.45, 2.75) is 155 Å². The topological polar surface area (TPSA) is 35.5 Å². The molecule has 1 aliphatic heterocycles. The number of nitrogens with one attached hydrogen (secondary N) is 1. The second-order valence-electron chi connectivity index (χ2n) is 19.0. The van der Waals surface area contributed by atoms with Gasteiger partial charge < -0.3 is 10.4 Å². The molecule has 0 spiro atoms. The Morgan fingerprint density at radius 3 is 2.33 bits per heavy atom. The maximum atomic E-state index is 11.4. The Hall–Kier alpha value is -0.290. The number of rotatable bonds is 6. The van der Waals surface area contributed by atoms with Crippen LogP contribution in [0.3, 0.4) is 0 Å². The molecule has 0 amide bonds. The largest absolute Gasteiger partial charge is 0.390 e. The minimum absolute atomic E-state index is 0.283. The highest BCUT2D eigenvalue weighted by molar-refractivity contribution is 7.96. The lowest BCUT2D eigenvalue weighted by atomic mass is 9.33. The molecule has 0 radical (unpaired) electrons. The molecule has 1 heterocycles. The standard InChI is InChI=1S/C41H68N2OS/c1-29-10-12-30(13-11-29)31-16-19-37(4)34(36(31,2)3)17-20-39(6)35(37)15-14-32-33-9-8-18-41(33,22-21-38(32,39)5)42-26-23-40(44)24-27-43(45-7)28-25-40/h12,16,29,32-35,42,44H,8-11,13-15,17-28H2,1-7H3/t29?,32?,33?,34?,35?,37?,38-,39?,41?/m1/s1. The molecular weight excluding hydrogens is 569 g/mol. The van der Waals surface area contributed by atoms with Gasteiger partial charge in [0, 0.05) is 18.6 Å². The van der Waals surface area contributed by atoms with Gasteiger partial charge in [0.05, 0.1) is 5.60 Å². The smallest absolute Gasteiger partial charge is 0.0685 e. The minimum atomic E-state index is -0.471. The highest BCUT2D eigenvalue weighted by atomic mass is 32.2. The number of aliphatic hydroxyl groups is 1. The fraction of sp³-hybridized carbons (Fsp3) is 0.902. The van der Waals surface area contributed by atoms with Crippen molar-refractivity contribution in [3.05, 3.63) is 23.3 Å². The molecular formula is C41H68N2OS. The maximum Gasteiger partial charge on any atom is 0.0685 e. The molecule has 254 valence electrons. The summed E-state index contributed by atoms with van der Waals surface area (Å²) in [6.07, 6.45) is 28.3. The van der Waals surface area contributed by atoms with E-state index in [0.29, 0.717) is 21.8 Å². The highest BCUT2D eigenvalue weighted by Crippen LogP contribution is 2.76. The van der Waals surface area contributed by atoms with Crippen LogP contribution in [0.25, 0.3) is 0 Å². The first-order valence-corrected chi connectivity index (χ1v) is 20.7. The van der Waals surface area contributed by atoms with Crippen molar-refractivity contribution in [1.29, 1.82) is 0 Å². The third kappa shape index (κ3) is 5.13. The molecule has 0 aromatic heterocycles. The van der Waals surface area contributed by atoms with Crippen LogP contribution >= 0.6 is 11.9 Å². The van der Waals surface area contributed by atoms with Gasteiger partial charge in [-0.3, -0.25) is 4.31 Å². The number of piperidine rings is 1. The van der Waals surface area contributed by atoms with Gasteiger partial charge in [0.25, 0.3) is 0 Å². The van der Waals surface area contributed by atoms with E-state index in [1.807, 2.05) is 11.9 Å². The SMILES string of the molecule is CSN1CCC(O)(CCNC23CCCC2C2CCC4C5(C)CC=C(C6=CCC(C)CC6)C(C)(C)C5CCC4(C)[C@]2(C)CC3)CC1. The molecule has 7 aliphatic rings. The third-order valence-electron chi connectivity index (χ3n) is 16.9. The van der Waals surface area contributed by atoms with E-state index in [4.69, 9.17) is 0 Å². The molecule has 2 N–H and O–H groups in total. The van der Waals surface area contributed by atoms with Crippen LogP contribution in [0, 0.1) is 51.2 Å². The first-order chi connectivity index (χ1) is 21.3. The summed E-state index contributed by atoms with van der Waals surface area (Å²) in [7, 11) is 0. The minimum Gasteiger partial charge on any atom is -0.390 e. The monoisotopic (exact) mass is 637 g/mol. The Labute approximate surface area is 281 Å². The van der Waals surface area contributed by atoms with E-state index >= 15 is 0 Å². The van der Waals surface area contributed by atoms with Crippen LogP contribution in [0.15, 0.2) is 23.3 Å². The van der Waals surface area contributed by atoms with Gasteiger partial charge in [0.15, 0.2) is 0 Å². The predicted octanol–water partition coefficient (Wildman–Crippen LogP) is 9.96. The summed E-state index contributed by atoms with van der Waals surface area (Å²) < 4.78 is 2.42. The molecule has 45 heavy (non-hydrogen) atoms. The highest BCUT2D eigenvalue weighted by Gasteiger charge is 2.69. The van der Waals surface area contributed by atoms with Crippen LogP contribution in [-0.2, 0) is 0 Å². The average molecular weight is 637 g/mol. The number of fused-ring (bicyclic) bond motifs is 7. The van der Waals surface area contributed by atoms with Crippen LogP contribution in [0.4, 0.5) is 0 Å². The van der Waals surface area contributed by atoms with Gasteiger partial charge >= 0.3 is 0 Å². The van der Waals surface area contributed by atoms with E-state index in [0.717, 1.165) is 68.5 Å². The Morgan fingerprint density at radius 2 is 1.62 bits per heavy atom. The lowest BCUT2D eigenvalue weighted by molar-refractivity contribution is -0.218. The molecule has 4 heteroatoms. The normalized spacial score (nSPS) is 47.5. The van der Waals surface area contributed by atoms with Crippen LogP contribution in [0.5, 0.6) is 0 Å². The van der Waals surface area contributed by atoms with Crippen molar-refractivity contribution in [2.75, 3.05) is 25.9 Å². The molecule has 1 saturated heterocycles. The molecule has 0 aromatic carbocycles. The fourth-order valence-corrected chi connectivity index (χ4v) is 14.7. The second-order valence-corrected chi connectivity index (χ2v) is 19.9. The van der Waals surface area contributed by atoms with E-state index < -0.39 is 5.60 Å². The zero-order valence-corrected chi connectivity index (χ0v) is 31.1. The average Bonchev–Trinajstić information content (AvgIpc) is 3.42. The van der Waals surface area contributed by atoms with Gasteiger partial charge in [-0.1, -0.05) is 72.1 Å². The van der Waals surface area contributed by atoms with Crippen LogP contribution in [0.1, 0.15) is 144 Å². The van der Waals surface area contributed by atoms with E-state index in [1.54, 1.807) is 11.1 Å². The van der Waals surface area contributed by atoms with E-state index in [-0.39, 0.29) is 5.41 Å². The van der Waals surface area contributed by atoms with Crippen molar-refractivity contribution in [2.24, 2.45) is 51.2 Å². The first kappa shape index (κ1) is 33.2. The lowest BCUT2D eigenvalue weighted by Gasteiger charge is -2.72. The number of hydrogen-bond donors (Lipinski definition) is 2. The van der Waals surface area contributed by atoms with Crippen molar-refractivity contribution in [3.8, 4) is 0 Å². The van der Waals surface area contributed by atoms with E-state index in [2.05, 4.69) is 69.6 Å². The second kappa shape index (κ2) is 11.7. The predicted molar refractivity (Wildman–Crippen MR) is 192 cm³/mol. The van der Waals surface area contributed by atoms with Gasteiger partial charge in [0.1, 0.15) is 0 Å². The summed E-state index contributed by atoms with van der Waals surface area (Å²) in [5.41, 5.74) is 4.88. The molecule has 7 rings (SSSR count). The first-order valence-electron chi connectivity index (χ1n) is 19.5. The van der Waals surface area contributed by atoms with E-state index in [9.17, 15) is 5.11 Å². The maximum absolute atomic E-state index is 11.4. The molecule has 6 aliphatic carbocycles. The fourth-order valence-electron chi connectivity index (χ4n) is 14.1. The van der Waals surface area contributed by atoms with Crippen molar-refractivity contribution in [3.63, 3.8) is 0 Å². The third-order valence-corrected chi connectivity index (χ3v) is 17.8. The van der Waals surface area contributed by atoms with Crippen molar-refractivity contribution < 1.29 is 5.11 Å². The quantitative estimate of drug-likeness (QED) is 0.285. The number of nitrogens with zero attached hydrogens (tertiary/aromatic N) is 1. The van der Waals surface area contributed by atoms with Crippen molar-refractivity contribution in [1.82, 2.24) is 9.62 Å². The van der Waals surface area contributed by atoms with Gasteiger partial charge in [-0.05, 0) is 172 Å². The van der Waals surface area contributed by atoms with Gasteiger partial charge in [-0.15, -0.1) is 0 Å². The van der Waals surface area contributed by atoms with Crippen LogP contribution in [0.2, 0.25) is 0 Å². The van der Waals surface area contributed by atoms with Crippen molar-refractivity contribution >= 4 is 11.9 Å². The number of allylic oxidation sites excluding steroid dienone is 4. The lowest BCUT2D eigenvalue weighted by Crippen LogP contribution is -2.67. The van der Waals surface area contributed by atoms with Gasteiger partial charge in [-0.25, -0.2) is 0 Å². The Bertz CT molecular complexity index is 1180. The summed E-state index contributed by atoms with van der Waals surface area (Å²) in [5, 5.41) is 15.7. The van der Waals surface area contributed by atoms with Crippen LogP contribution < -0.4 is 5.32 Å². The van der Waals surface area contributed by atoms with E-state index in [1.165, 1.54) is 83.5 Å². The Kier molecular flexibility index (Phi) is 8.60. The zero-order valence-electron chi connectivity index (χ0n) is 30.3. The molecule has 0 aromatic rings. The molecule has 3 nitrogen and oxygen atoms in total. The molecule has 5 fully saturated rings. The van der Waals surface area contributed by atoms with Crippen LogP contribution in [-0.4, -0.2) is 46.4 Å². The molecule has 4 saturated carbocycles. The summed E-state index contributed by atoms with van der Waals surface area (Å²) in [6, 6.07) is 0. The molecule has 9 atom stereocenters. The molecule has 8 unspecified atom stereocenters. The van der Waals surface area contributed by atoms with Gasteiger partial charge in [-0.2, -0.15) is 0 Å². The summed E-state index contributed by atoms with van der Waals surface area (Å²) in [4.78, 5) is 0. The number of hydrogen-bond acceptors (Lipinski definition) is 4. The van der Waals surface area contributed by atoms with Gasteiger partial charge in [0.2, 0.25) is 0 Å². The zero-order chi connectivity index (χ0) is 31.9. The summed E-state index contributed by atoms with van der Waals surface area (Å²) in [6.45, 7) is 19.1. The summed E-state index contributed by atoms with van der Waals surface area (Å²) in [5.74, 6) is 4.17. The Balaban J connectivity index is 1.09. The molecule has 0 bridgehead atoms. The summed E-state index contributed by atoms with van der Waals surface area (Å²) >= 11 is 1.84.